The number of thiophene rings is 1. The minimum absolute atomic E-state index is 0.143. The van der Waals surface area contributed by atoms with E-state index in [4.69, 9.17) is 4.74 Å². The third kappa shape index (κ3) is 5.04. The third-order valence-electron chi connectivity index (χ3n) is 6.19. The van der Waals surface area contributed by atoms with Crippen LogP contribution in [0.25, 0.3) is 15.2 Å². The number of carbonyl (C=O) groups is 1. The van der Waals surface area contributed by atoms with Crippen molar-refractivity contribution in [2.24, 2.45) is 0 Å². The van der Waals surface area contributed by atoms with E-state index in [0.717, 1.165) is 11.0 Å². The maximum atomic E-state index is 13.9. The second-order valence-electron chi connectivity index (χ2n) is 9.14. The van der Waals surface area contributed by atoms with E-state index < -0.39 is 28.6 Å². The molecule has 9 nitrogen and oxygen atoms in total. The van der Waals surface area contributed by atoms with Gasteiger partial charge >= 0.3 is 11.7 Å². The predicted molar refractivity (Wildman–Crippen MR) is 143 cm³/mol. The van der Waals surface area contributed by atoms with Gasteiger partial charge in [0, 0.05) is 16.6 Å². The number of esters is 1. The molecule has 0 radical (unpaired) electrons. The molecule has 37 heavy (non-hydrogen) atoms. The molecule has 12 heteroatoms. The highest BCUT2D eigenvalue weighted by atomic mass is 79.9. The van der Waals surface area contributed by atoms with Crippen LogP contribution in [0.5, 0.6) is 0 Å². The highest BCUT2D eigenvalue weighted by molar-refractivity contribution is 9.10. The van der Waals surface area contributed by atoms with Crippen molar-refractivity contribution in [2.45, 2.75) is 59.0 Å². The Bertz CT molecular complexity index is 1570. The first kappa shape index (κ1) is 26.9. The van der Waals surface area contributed by atoms with Crippen molar-refractivity contribution in [1.29, 1.82) is 0 Å². The maximum absolute atomic E-state index is 13.9. The summed E-state index contributed by atoms with van der Waals surface area (Å²) in [4.78, 5) is 42.5. The fourth-order valence-corrected chi connectivity index (χ4v) is 5.76. The van der Waals surface area contributed by atoms with Crippen molar-refractivity contribution in [3.63, 3.8) is 0 Å². The molecule has 0 aliphatic heterocycles. The molecule has 0 saturated heterocycles. The zero-order valence-electron chi connectivity index (χ0n) is 21.0. The third-order valence-corrected chi connectivity index (χ3v) is 8.24. The summed E-state index contributed by atoms with van der Waals surface area (Å²) >= 11 is 4.64. The molecule has 0 saturated carbocycles. The second-order valence-corrected chi connectivity index (χ2v) is 11.0. The highest BCUT2D eigenvalue weighted by Crippen LogP contribution is 2.31. The number of ether oxygens (including phenoxy) is 1. The van der Waals surface area contributed by atoms with Gasteiger partial charge in [-0.05, 0) is 57.4 Å². The number of nitrogens with zero attached hydrogens (tertiary/aromatic N) is 5. The Morgan fingerprint density at radius 3 is 2.59 bits per heavy atom. The fourth-order valence-electron chi connectivity index (χ4n) is 4.08. The smallest absolute Gasteiger partial charge is 0.333 e. The minimum atomic E-state index is -1.56. The summed E-state index contributed by atoms with van der Waals surface area (Å²) in [5, 5.41) is 9.23. The van der Waals surface area contributed by atoms with Crippen LogP contribution in [0.2, 0.25) is 0 Å². The van der Waals surface area contributed by atoms with E-state index in [-0.39, 0.29) is 13.2 Å². The molecule has 0 amide bonds. The van der Waals surface area contributed by atoms with Crippen LogP contribution in [-0.2, 0) is 28.0 Å². The van der Waals surface area contributed by atoms with E-state index in [0.29, 0.717) is 43.7 Å². The summed E-state index contributed by atoms with van der Waals surface area (Å²) in [6.45, 7) is 7.07. The standard InChI is InChI=1S/C25H27BrFN5O4S/c1-5-6-13-36-23(34)25(3,4)31-20(33)19-15(2)21(32-28-10-11-29-32)37-22(19)30(24(31)35)12-9-16-14-17(27)7-8-18(16)26/h7-8,10-11,14H,5-6,9,12-13H2,1-4H3. The minimum Gasteiger partial charge on any atom is -0.464 e. The summed E-state index contributed by atoms with van der Waals surface area (Å²) in [6, 6.07) is 4.35. The van der Waals surface area contributed by atoms with Crippen molar-refractivity contribution in [2.75, 3.05) is 6.61 Å². The van der Waals surface area contributed by atoms with Gasteiger partial charge in [0.25, 0.3) is 5.56 Å². The van der Waals surface area contributed by atoms with Gasteiger partial charge in [0.05, 0.1) is 24.4 Å². The van der Waals surface area contributed by atoms with Crippen molar-refractivity contribution in [1.82, 2.24) is 24.1 Å². The van der Waals surface area contributed by atoms with Gasteiger partial charge < -0.3 is 4.74 Å². The molecule has 1 aromatic carbocycles. The number of aryl methyl sites for hydroxylation is 3. The molecule has 0 unspecified atom stereocenters. The first-order valence-electron chi connectivity index (χ1n) is 11.8. The highest BCUT2D eigenvalue weighted by Gasteiger charge is 2.37. The maximum Gasteiger partial charge on any atom is 0.333 e. The van der Waals surface area contributed by atoms with Gasteiger partial charge in [-0.1, -0.05) is 40.6 Å². The van der Waals surface area contributed by atoms with Gasteiger partial charge in [0.1, 0.15) is 21.2 Å². The number of carbonyl (C=O) groups excluding carboxylic acids is 1. The summed E-state index contributed by atoms with van der Waals surface area (Å²) in [6.07, 6.45) is 4.85. The molecular formula is C25H27BrFN5O4S. The van der Waals surface area contributed by atoms with E-state index in [9.17, 15) is 18.8 Å². The molecular weight excluding hydrogens is 565 g/mol. The number of aromatic nitrogens is 5. The predicted octanol–water partition coefficient (Wildman–Crippen LogP) is 4.34. The molecule has 0 spiro atoms. The number of rotatable bonds is 9. The van der Waals surface area contributed by atoms with Crippen LogP contribution >= 0.6 is 27.3 Å². The second kappa shape index (κ2) is 10.7. The number of hydrogen-bond donors (Lipinski definition) is 0. The first-order valence-corrected chi connectivity index (χ1v) is 13.5. The van der Waals surface area contributed by atoms with Crippen LogP contribution in [0.3, 0.4) is 0 Å². The van der Waals surface area contributed by atoms with E-state index in [1.807, 2.05) is 6.92 Å². The summed E-state index contributed by atoms with van der Waals surface area (Å²) in [5.74, 6) is -1.06. The Hall–Kier alpha value is -3.12. The normalized spacial score (nSPS) is 11.8. The molecule has 0 aliphatic rings. The van der Waals surface area contributed by atoms with Gasteiger partial charge in [-0.2, -0.15) is 10.2 Å². The molecule has 0 bridgehead atoms. The average Bonchev–Trinajstić information content (AvgIpc) is 3.49. The quantitative estimate of drug-likeness (QED) is 0.212. The van der Waals surface area contributed by atoms with Crippen LogP contribution in [0.15, 0.2) is 44.7 Å². The Labute approximate surface area is 224 Å². The van der Waals surface area contributed by atoms with E-state index in [2.05, 4.69) is 26.1 Å². The Balaban J connectivity index is 1.92. The zero-order valence-corrected chi connectivity index (χ0v) is 23.4. The van der Waals surface area contributed by atoms with E-state index in [1.54, 1.807) is 13.0 Å². The molecule has 3 aromatic heterocycles. The SMILES string of the molecule is CCCCOC(=O)C(C)(C)n1c(=O)c2c(C)c(-n3nccn3)sc2n(CCc2cc(F)ccc2Br)c1=O. The number of hydrogen-bond acceptors (Lipinski definition) is 7. The van der Waals surface area contributed by atoms with E-state index >= 15 is 0 Å². The molecule has 4 rings (SSSR count). The number of benzene rings is 1. The van der Waals surface area contributed by atoms with Crippen molar-refractivity contribution >= 4 is 43.5 Å². The van der Waals surface area contributed by atoms with Gasteiger partial charge in [0.15, 0.2) is 0 Å². The lowest BCUT2D eigenvalue weighted by atomic mass is 10.1. The Kier molecular flexibility index (Phi) is 7.79. The lowest BCUT2D eigenvalue weighted by molar-refractivity contribution is -0.153. The van der Waals surface area contributed by atoms with Crippen LogP contribution in [0, 0.1) is 12.7 Å². The number of fused-ring (bicyclic) bond motifs is 1. The van der Waals surface area contributed by atoms with Crippen molar-refractivity contribution < 1.29 is 13.9 Å². The molecule has 4 aromatic rings. The van der Waals surface area contributed by atoms with Crippen LogP contribution in [-0.4, -0.2) is 36.7 Å². The number of halogens is 2. The van der Waals surface area contributed by atoms with Crippen LogP contribution in [0.4, 0.5) is 4.39 Å². The molecule has 196 valence electrons. The topological polar surface area (TPSA) is 101 Å². The largest absolute Gasteiger partial charge is 0.464 e. The zero-order chi connectivity index (χ0) is 26.9. The molecule has 0 fully saturated rings. The van der Waals surface area contributed by atoms with Gasteiger partial charge in [-0.25, -0.2) is 18.5 Å². The Morgan fingerprint density at radius 2 is 1.92 bits per heavy atom. The van der Waals surface area contributed by atoms with Crippen molar-refractivity contribution in [3.8, 4) is 5.00 Å². The van der Waals surface area contributed by atoms with Crippen LogP contribution < -0.4 is 11.2 Å². The molecule has 3 heterocycles. The summed E-state index contributed by atoms with van der Waals surface area (Å²) in [5.41, 5.74) is -1.55. The summed E-state index contributed by atoms with van der Waals surface area (Å²) in [7, 11) is 0. The average molecular weight is 592 g/mol. The fraction of sp³-hybridized carbons (Fsp3) is 0.400. The first-order chi connectivity index (χ1) is 17.6. The van der Waals surface area contributed by atoms with Crippen molar-refractivity contribution in [3.05, 3.63) is 72.8 Å². The van der Waals surface area contributed by atoms with Gasteiger partial charge in [-0.15, -0.1) is 4.80 Å². The lowest BCUT2D eigenvalue weighted by Crippen LogP contribution is -2.53. The molecule has 0 N–H and O–H groups in total. The van der Waals surface area contributed by atoms with E-state index in [1.165, 1.54) is 59.1 Å². The Morgan fingerprint density at radius 1 is 1.22 bits per heavy atom. The van der Waals surface area contributed by atoms with Gasteiger partial charge in [-0.3, -0.25) is 9.36 Å². The monoisotopic (exact) mass is 591 g/mol. The lowest BCUT2D eigenvalue weighted by Gasteiger charge is -2.26. The van der Waals surface area contributed by atoms with Gasteiger partial charge in [0.2, 0.25) is 0 Å². The van der Waals surface area contributed by atoms with Crippen LogP contribution in [0.1, 0.15) is 44.7 Å². The number of unbranched alkanes of at least 4 members (excludes halogenated alkanes) is 1. The molecule has 0 aliphatic carbocycles. The molecule has 0 atom stereocenters. The summed E-state index contributed by atoms with van der Waals surface area (Å²) < 4.78 is 22.4.